The van der Waals surface area contributed by atoms with Crippen LogP contribution in [0.5, 0.6) is 11.5 Å². The highest BCUT2D eigenvalue weighted by Crippen LogP contribution is 2.23. The zero-order valence-corrected chi connectivity index (χ0v) is 16.5. The smallest absolute Gasteiger partial charge is 0.279 e. The van der Waals surface area contributed by atoms with E-state index in [0.717, 1.165) is 21.7 Å². The molecule has 0 saturated carbocycles. The number of fused-ring (bicyclic) bond motifs is 1. The number of aromatic nitrogens is 1. The summed E-state index contributed by atoms with van der Waals surface area (Å²) in [6, 6.07) is 12.9. The van der Waals surface area contributed by atoms with Gasteiger partial charge in [-0.1, -0.05) is 17.4 Å². The highest BCUT2D eigenvalue weighted by Gasteiger charge is 2.10. The monoisotopic (exact) mass is 382 g/mol. The Kier molecular flexibility index (Phi) is 5.76. The number of hydrogen-bond acceptors (Lipinski definition) is 4. The fourth-order valence-corrected chi connectivity index (χ4v) is 3.74. The molecule has 0 N–H and O–H groups in total. The van der Waals surface area contributed by atoms with E-state index in [0.29, 0.717) is 16.9 Å². The number of carbonyl (C=O) groups is 1. The molecule has 2 aromatic carbocycles. The Morgan fingerprint density at radius 2 is 1.93 bits per heavy atom. The van der Waals surface area contributed by atoms with Crippen LogP contribution in [0.3, 0.4) is 0 Å². The minimum absolute atomic E-state index is 0.0876. The Labute approximate surface area is 162 Å². The number of nitrogens with zero attached hydrogens (tertiary/aromatic N) is 2. The van der Waals surface area contributed by atoms with Crippen molar-refractivity contribution in [1.82, 2.24) is 4.57 Å². The SMILES string of the molecule is C=CCn1c(=NC(=O)c2ccc(OC(C)C)cc2)sc2cc(OC)ccc21. The van der Waals surface area contributed by atoms with E-state index in [9.17, 15) is 4.79 Å². The van der Waals surface area contributed by atoms with Crippen LogP contribution >= 0.6 is 11.3 Å². The van der Waals surface area contributed by atoms with Crippen LogP contribution in [0.15, 0.2) is 60.1 Å². The Bertz CT molecular complexity index is 1030. The zero-order valence-electron chi connectivity index (χ0n) is 15.6. The highest BCUT2D eigenvalue weighted by molar-refractivity contribution is 7.16. The molecule has 1 amide bonds. The first-order chi connectivity index (χ1) is 13.0. The lowest BCUT2D eigenvalue weighted by Gasteiger charge is -2.09. The number of hydrogen-bond donors (Lipinski definition) is 0. The van der Waals surface area contributed by atoms with Gasteiger partial charge in [-0.15, -0.1) is 6.58 Å². The number of ether oxygens (including phenoxy) is 2. The molecule has 0 spiro atoms. The van der Waals surface area contributed by atoms with E-state index in [2.05, 4.69) is 11.6 Å². The molecule has 0 fully saturated rings. The van der Waals surface area contributed by atoms with Gasteiger partial charge < -0.3 is 14.0 Å². The van der Waals surface area contributed by atoms with Crippen molar-refractivity contribution in [3.8, 4) is 11.5 Å². The minimum Gasteiger partial charge on any atom is -0.497 e. The van der Waals surface area contributed by atoms with E-state index in [1.165, 1.54) is 11.3 Å². The third-order valence-electron chi connectivity index (χ3n) is 3.87. The van der Waals surface area contributed by atoms with E-state index < -0.39 is 0 Å². The van der Waals surface area contributed by atoms with Crippen LogP contribution in [0, 0.1) is 0 Å². The molecular formula is C21H22N2O3S. The molecule has 3 aromatic rings. The second kappa shape index (κ2) is 8.22. The van der Waals surface area contributed by atoms with Crippen molar-refractivity contribution in [2.75, 3.05) is 7.11 Å². The maximum Gasteiger partial charge on any atom is 0.279 e. The molecule has 27 heavy (non-hydrogen) atoms. The summed E-state index contributed by atoms with van der Waals surface area (Å²) in [5.41, 5.74) is 1.51. The van der Waals surface area contributed by atoms with E-state index >= 15 is 0 Å². The summed E-state index contributed by atoms with van der Waals surface area (Å²) in [6.07, 6.45) is 1.88. The molecule has 0 atom stereocenters. The average Bonchev–Trinajstić information content (AvgIpc) is 2.98. The predicted molar refractivity (Wildman–Crippen MR) is 109 cm³/mol. The van der Waals surface area contributed by atoms with Crippen LogP contribution in [0.4, 0.5) is 0 Å². The molecule has 0 saturated heterocycles. The van der Waals surface area contributed by atoms with Crippen LogP contribution in [0.1, 0.15) is 24.2 Å². The van der Waals surface area contributed by atoms with Crippen molar-refractivity contribution < 1.29 is 14.3 Å². The number of allylic oxidation sites excluding steroid dienone is 1. The van der Waals surface area contributed by atoms with Crippen LogP contribution in [-0.2, 0) is 6.54 Å². The van der Waals surface area contributed by atoms with Crippen molar-refractivity contribution in [2.24, 2.45) is 4.99 Å². The second-order valence-electron chi connectivity index (χ2n) is 6.23. The molecule has 0 aliphatic carbocycles. The lowest BCUT2D eigenvalue weighted by Crippen LogP contribution is -2.16. The van der Waals surface area contributed by atoms with Crippen LogP contribution in [0.2, 0.25) is 0 Å². The van der Waals surface area contributed by atoms with E-state index in [1.807, 2.05) is 36.6 Å². The van der Waals surface area contributed by atoms with Crippen LogP contribution in [-0.4, -0.2) is 23.7 Å². The van der Waals surface area contributed by atoms with Gasteiger partial charge in [-0.2, -0.15) is 4.99 Å². The second-order valence-corrected chi connectivity index (χ2v) is 7.23. The van der Waals surface area contributed by atoms with Gasteiger partial charge in [-0.3, -0.25) is 4.79 Å². The van der Waals surface area contributed by atoms with Crippen molar-refractivity contribution in [3.05, 3.63) is 65.5 Å². The molecule has 0 radical (unpaired) electrons. The summed E-state index contributed by atoms with van der Waals surface area (Å²) in [6.45, 7) is 8.30. The van der Waals surface area contributed by atoms with Crippen molar-refractivity contribution >= 4 is 27.5 Å². The summed E-state index contributed by atoms with van der Waals surface area (Å²) in [7, 11) is 1.63. The Hall–Kier alpha value is -2.86. The van der Waals surface area contributed by atoms with Crippen LogP contribution in [0.25, 0.3) is 10.2 Å². The summed E-state index contributed by atoms with van der Waals surface area (Å²) < 4.78 is 13.9. The average molecular weight is 382 g/mol. The first-order valence-corrected chi connectivity index (χ1v) is 9.47. The lowest BCUT2D eigenvalue weighted by molar-refractivity contribution is 0.0998. The number of carbonyl (C=O) groups excluding carboxylic acids is 1. The molecule has 6 heteroatoms. The lowest BCUT2D eigenvalue weighted by atomic mass is 10.2. The number of rotatable bonds is 6. The van der Waals surface area contributed by atoms with E-state index in [-0.39, 0.29) is 12.0 Å². The first-order valence-electron chi connectivity index (χ1n) is 8.66. The number of thiazole rings is 1. The van der Waals surface area contributed by atoms with E-state index in [1.54, 1.807) is 37.5 Å². The molecule has 0 aliphatic heterocycles. The van der Waals surface area contributed by atoms with Gasteiger partial charge in [0.25, 0.3) is 5.91 Å². The van der Waals surface area contributed by atoms with Gasteiger partial charge in [0.2, 0.25) is 0 Å². The molecule has 1 aromatic heterocycles. The molecule has 140 valence electrons. The molecule has 0 unspecified atom stereocenters. The first kappa shape index (κ1) is 18.9. The zero-order chi connectivity index (χ0) is 19.4. The fraction of sp³-hybridized carbons (Fsp3) is 0.238. The van der Waals surface area contributed by atoms with Gasteiger partial charge in [0.05, 0.1) is 23.4 Å². The van der Waals surface area contributed by atoms with Gasteiger partial charge in [-0.05, 0) is 56.3 Å². The Morgan fingerprint density at radius 3 is 2.56 bits per heavy atom. The molecule has 5 nitrogen and oxygen atoms in total. The normalized spacial score (nSPS) is 11.8. The summed E-state index contributed by atoms with van der Waals surface area (Å²) in [4.78, 5) is 17.6. The van der Waals surface area contributed by atoms with Gasteiger partial charge >= 0.3 is 0 Å². The summed E-state index contributed by atoms with van der Waals surface area (Å²) in [5.74, 6) is 1.22. The van der Waals surface area contributed by atoms with Crippen molar-refractivity contribution in [1.29, 1.82) is 0 Å². The summed E-state index contributed by atoms with van der Waals surface area (Å²) >= 11 is 1.45. The van der Waals surface area contributed by atoms with Gasteiger partial charge in [-0.25, -0.2) is 0 Å². The van der Waals surface area contributed by atoms with E-state index in [4.69, 9.17) is 9.47 Å². The van der Waals surface area contributed by atoms with Gasteiger partial charge in [0, 0.05) is 12.1 Å². The van der Waals surface area contributed by atoms with Gasteiger partial charge in [0.15, 0.2) is 4.80 Å². The fourth-order valence-electron chi connectivity index (χ4n) is 2.67. The molecular weight excluding hydrogens is 360 g/mol. The topological polar surface area (TPSA) is 52.8 Å². The maximum atomic E-state index is 12.6. The number of methoxy groups -OCH3 is 1. The summed E-state index contributed by atoms with van der Waals surface area (Å²) in [5, 5.41) is 0. The molecule has 1 heterocycles. The molecule has 3 rings (SSSR count). The third kappa shape index (κ3) is 4.28. The van der Waals surface area contributed by atoms with Crippen LogP contribution < -0.4 is 14.3 Å². The Morgan fingerprint density at radius 1 is 1.22 bits per heavy atom. The number of amides is 1. The predicted octanol–water partition coefficient (Wildman–Crippen LogP) is 4.43. The highest BCUT2D eigenvalue weighted by atomic mass is 32.1. The molecule has 0 aliphatic rings. The maximum absolute atomic E-state index is 12.6. The third-order valence-corrected chi connectivity index (χ3v) is 4.91. The standard InChI is InChI=1S/C21H22N2O3S/c1-5-12-23-18-11-10-17(25-4)13-19(18)27-21(23)22-20(24)15-6-8-16(9-7-15)26-14(2)3/h5-11,13-14H,1,12H2,2-4H3. The molecule has 0 bridgehead atoms. The quantitative estimate of drug-likeness (QED) is 0.593. The van der Waals surface area contributed by atoms with Crippen molar-refractivity contribution in [2.45, 2.75) is 26.5 Å². The number of benzene rings is 2. The minimum atomic E-state index is -0.289. The van der Waals surface area contributed by atoms with Crippen molar-refractivity contribution in [3.63, 3.8) is 0 Å². The largest absolute Gasteiger partial charge is 0.497 e. The Balaban J connectivity index is 1.99. The van der Waals surface area contributed by atoms with Gasteiger partial charge in [0.1, 0.15) is 11.5 Å².